The molecule has 1 N–H and O–H groups in total. The zero-order valence-corrected chi connectivity index (χ0v) is 17.4. The van der Waals surface area contributed by atoms with Crippen LogP contribution in [0, 0.1) is 0 Å². The number of nitrogens with one attached hydrogen (secondary N) is 1. The molecular formula is C22H19ClN4O4. The quantitative estimate of drug-likeness (QED) is 0.438. The number of hydrogen-bond acceptors (Lipinski definition) is 6. The number of amides is 1. The predicted octanol–water partition coefficient (Wildman–Crippen LogP) is 4.00. The predicted molar refractivity (Wildman–Crippen MR) is 117 cm³/mol. The van der Waals surface area contributed by atoms with Gasteiger partial charge in [-0.2, -0.15) is 5.10 Å². The number of anilines is 1. The summed E-state index contributed by atoms with van der Waals surface area (Å²) in [6, 6.07) is 11.7. The third-order valence-corrected chi connectivity index (χ3v) is 4.82. The van der Waals surface area contributed by atoms with Crippen LogP contribution >= 0.6 is 11.6 Å². The van der Waals surface area contributed by atoms with Crippen LogP contribution in [0.25, 0.3) is 16.7 Å². The molecule has 2 aromatic heterocycles. The van der Waals surface area contributed by atoms with Crippen LogP contribution in [0.15, 0.2) is 64.3 Å². The molecule has 0 atom stereocenters. The number of hydrogen-bond donors (Lipinski definition) is 1. The third kappa shape index (κ3) is 4.75. The summed E-state index contributed by atoms with van der Waals surface area (Å²) < 4.78 is 12.4. The van der Waals surface area contributed by atoms with Crippen LogP contribution in [0.5, 0.6) is 5.75 Å². The molecule has 2 heterocycles. The molecule has 0 aliphatic carbocycles. The Morgan fingerprint density at radius 3 is 2.87 bits per heavy atom. The van der Waals surface area contributed by atoms with E-state index in [1.165, 1.54) is 23.4 Å². The topological polar surface area (TPSA) is 99.2 Å². The first kappa shape index (κ1) is 20.6. The second-order valence-electron chi connectivity index (χ2n) is 6.84. The number of aryl methyl sites for hydroxylation is 1. The molecule has 158 valence electrons. The molecule has 31 heavy (non-hydrogen) atoms. The van der Waals surface area contributed by atoms with E-state index in [2.05, 4.69) is 15.4 Å². The fourth-order valence-corrected chi connectivity index (χ4v) is 3.42. The summed E-state index contributed by atoms with van der Waals surface area (Å²) in [5.74, 6) is 0.0342. The highest BCUT2D eigenvalue weighted by Gasteiger charge is 2.12. The van der Waals surface area contributed by atoms with Crippen molar-refractivity contribution in [1.82, 2.24) is 14.8 Å². The van der Waals surface area contributed by atoms with Crippen LogP contribution in [0.3, 0.4) is 0 Å². The number of aromatic nitrogens is 3. The summed E-state index contributed by atoms with van der Waals surface area (Å²) in [6.07, 6.45) is 4.61. The number of nitrogens with zero attached hydrogens (tertiary/aromatic N) is 3. The molecule has 0 aliphatic rings. The van der Waals surface area contributed by atoms with Gasteiger partial charge in [0.2, 0.25) is 0 Å². The molecule has 0 saturated heterocycles. The fourth-order valence-electron chi connectivity index (χ4n) is 3.25. The van der Waals surface area contributed by atoms with E-state index in [-0.39, 0.29) is 12.5 Å². The lowest BCUT2D eigenvalue weighted by Crippen LogP contribution is -2.21. The Morgan fingerprint density at radius 2 is 2.10 bits per heavy atom. The average molecular weight is 439 g/mol. The van der Waals surface area contributed by atoms with Crippen LogP contribution in [-0.2, 0) is 11.2 Å². The zero-order valence-electron chi connectivity index (χ0n) is 16.7. The summed E-state index contributed by atoms with van der Waals surface area (Å²) in [4.78, 5) is 28.2. The number of fused-ring (bicyclic) bond motifs is 1. The first-order valence-corrected chi connectivity index (χ1v) is 10.1. The summed E-state index contributed by atoms with van der Waals surface area (Å²) in [5, 5.41) is 8.17. The molecule has 4 aromatic rings. The minimum Gasteiger partial charge on any atom is -0.484 e. The van der Waals surface area contributed by atoms with Crippen LogP contribution in [-0.4, -0.2) is 27.3 Å². The molecule has 4 rings (SSSR count). The molecule has 0 fully saturated rings. The first-order valence-electron chi connectivity index (χ1n) is 9.67. The first-order chi connectivity index (χ1) is 15.0. The van der Waals surface area contributed by atoms with E-state index in [9.17, 15) is 9.59 Å². The standard InChI is InChI=1S/C22H19ClN4O4/c1-2-3-14-8-22(29)31-20-10-16(5-6-17(14)20)30-11-21(28)26-18-9-15(23)4-7-19(18)27-13-24-12-25-27/h4-10,12-13H,2-3,11H2,1H3,(H,26,28). The second kappa shape index (κ2) is 9.01. The van der Waals surface area contributed by atoms with Gasteiger partial charge in [0.25, 0.3) is 5.91 Å². The van der Waals surface area contributed by atoms with Gasteiger partial charge in [0.1, 0.15) is 24.0 Å². The van der Waals surface area contributed by atoms with Crippen molar-refractivity contribution in [3.05, 3.63) is 76.1 Å². The van der Waals surface area contributed by atoms with Gasteiger partial charge in [-0.15, -0.1) is 0 Å². The Labute approximate surface area is 182 Å². The van der Waals surface area contributed by atoms with Gasteiger partial charge < -0.3 is 14.5 Å². The van der Waals surface area contributed by atoms with Gasteiger partial charge in [-0.25, -0.2) is 14.5 Å². The fraction of sp³-hybridized carbons (Fsp3) is 0.182. The average Bonchev–Trinajstić information content (AvgIpc) is 3.27. The van der Waals surface area contributed by atoms with E-state index >= 15 is 0 Å². The van der Waals surface area contributed by atoms with E-state index in [0.717, 1.165) is 23.8 Å². The van der Waals surface area contributed by atoms with Gasteiger partial charge in [-0.3, -0.25) is 4.79 Å². The Kier molecular flexibility index (Phi) is 5.99. The van der Waals surface area contributed by atoms with Crippen LogP contribution in [0.4, 0.5) is 5.69 Å². The molecule has 2 aromatic carbocycles. The third-order valence-electron chi connectivity index (χ3n) is 4.59. The number of halogens is 1. The lowest BCUT2D eigenvalue weighted by Gasteiger charge is -2.12. The largest absolute Gasteiger partial charge is 0.484 e. The number of rotatable bonds is 7. The highest BCUT2D eigenvalue weighted by Crippen LogP contribution is 2.25. The van der Waals surface area contributed by atoms with Gasteiger partial charge in [0.15, 0.2) is 6.61 Å². The Hall–Kier alpha value is -3.65. The Balaban J connectivity index is 1.49. The highest BCUT2D eigenvalue weighted by atomic mass is 35.5. The molecule has 0 radical (unpaired) electrons. The van der Waals surface area contributed by atoms with Crippen molar-refractivity contribution in [3.8, 4) is 11.4 Å². The van der Waals surface area contributed by atoms with Crippen molar-refractivity contribution in [3.63, 3.8) is 0 Å². The lowest BCUT2D eigenvalue weighted by atomic mass is 10.1. The number of carbonyl (C=O) groups is 1. The molecule has 0 bridgehead atoms. The molecule has 0 saturated carbocycles. The van der Waals surface area contributed by atoms with Crippen molar-refractivity contribution in [1.29, 1.82) is 0 Å². The van der Waals surface area contributed by atoms with Crippen molar-refractivity contribution < 1.29 is 13.9 Å². The molecule has 0 spiro atoms. The Bertz CT molecular complexity index is 1280. The van der Waals surface area contributed by atoms with E-state index in [0.29, 0.717) is 27.7 Å². The maximum Gasteiger partial charge on any atom is 0.336 e. The van der Waals surface area contributed by atoms with Crippen LogP contribution in [0.1, 0.15) is 18.9 Å². The summed E-state index contributed by atoms with van der Waals surface area (Å²) in [6.45, 7) is 1.80. The lowest BCUT2D eigenvalue weighted by molar-refractivity contribution is -0.118. The van der Waals surface area contributed by atoms with E-state index in [1.807, 2.05) is 13.0 Å². The van der Waals surface area contributed by atoms with Crippen molar-refractivity contribution >= 4 is 34.2 Å². The van der Waals surface area contributed by atoms with Crippen LogP contribution in [0.2, 0.25) is 5.02 Å². The molecule has 0 unspecified atom stereocenters. The maximum atomic E-state index is 12.5. The summed E-state index contributed by atoms with van der Waals surface area (Å²) in [7, 11) is 0. The van der Waals surface area contributed by atoms with Gasteiger partial charge in [0.05, 0.1) is 11.4 Å². The number of carbonyl (C=O) groups excluding carboxylic acids is 1. The van der Waals surface area contributed by atoms with Crippen molar-refractivity contribution in [2.45, 2.75) is 19.8 Å². The molecule has 9 heteroatoms. The minimum absolute atomic E-state index is 0.242. The normalized spacial score (nSPS) is 10.9. The SMILES string of the molecule is CCCc1cc(=O)oc2cc(OCC(=O)Nc3cc(Cl)ccc3-n3cncn3)ccc12. The van der Waals surface area contributed by atoms with E-state index in [4.69, 9.17) is 20.8 Å². The molecular weight excluding hydrogens is 420 g/mol. The summed E-state index contributed by atoms with van der Waals surface area (Å²) >= 11 is 6.07. The molecule has 0 aliphatic heterocycles. The smallest absolute Gasteiger partial charge is 0.336 e. The van der Waals surface area contributed by atoms with Gasteiger partial charge in [-0.05, 0) is 42.3 Å². The van der Waals surface area contributed by atoms with Gasteiger partial charge in [-0.1, -0.05) is 24.9 Å². The summed E-state index contributed by atoms with van der Waals surface area (Å²) in [5.41, 5.74) is 2.04. The number of benzene rings is 2. The zero-order chi connectivity index (χ0) is 21.8. The Morgan fingerprint density at radius 1 is 1.23 bits per heavy atom. The second-order valence-corrected chi connectivity index (χ2v) is 7.27. The molecule has 1 amide bonds. The minimum atomic E-state index is -0.410. The van der Waals surface area contributed by atoms with E-state index < -0.39 is 5.63 Å². The number of ether oxygens (including phenoxy) is 1. The van der Waals surface area contributed by atoms with Crippen LogP contribution < -0.4 is 15.7 Å². The monoisotopic (exact) mass is 438 g/mol. The van der Waals surface area contributed by atoms with Crippen molar-refractivity contribution in [2.24, 2.45) is 0 Å². The highest BCUT2D eigenvalue weighted by molar-refractivity contribution is 6.31. The van der Waals surface area contributed by atoms with Gasteiger partial charge >= 0.3 is 5.63 Å². The van der Waals surface area contributed by atoms with Crippen molar-refractivity contribution in [2.75, 3.05) is 11.9 Å². The van der Waals surface area contributed by atoms with Gasteiger partial charge in [0, 0.05) is 22.5 Å². The van der Waals surface area contributed by atoms with E-state index in [1.54, 1.807) is 30.3 Å². The maximum absolute atomic E-state index is 12.5. The molecule has 8 nitrogen and oxygen atoms in total.